The third-order valence-corrected chi connectivity index (χ3v) is 5.89. The SMILES string of the molecule is CC(Sc1ccc(F)cc1)C(=O)OC1C[C@H]2CC[C@@H](C1)N2C. The highest BCUT2D eigenvalue weighted by Gasteiger charge is 2.40. The first kappa shape index (κ1) is 15.8. The number of nitrogens with zero attached hydrogens (tertiary/aromatic N) is 1. The van der Waals surface area contributed by atoms with Crippen LogP contribution in [0.15, 0.2) is 29.2 Å². The van der Waals surface area contributed by atoms with Crippen LogP contribution in [0.25, 0.3) is 0 Å². The van der Waals surface area contributed by atoms with E-state index in [1.54, 1.807) is 12.1 Å². The smallest absolute Gasteiger partial charge is 0.319 e. The maximum Gasteiger partial charge on any atom is 0.319 e. The van der Waals surface area contributed by atoms with Crippen LogP contribution in [-0.4, -0.2) is 41.4 Å². The molecule has 0 aliphatic carbocycles. The number of benzene rings is 1. The van der Waals surface area contributed by atoms with E-state index in [1.807, 2.05) is 6.92 Å². The van der Waals surface area contributed by atoms with Gasteiger partial charge >= 0.3 is 5.97 Å². The molecule has 2 unspecified atom stereocenters. The second-order valence-corrected chi connectivity index (χ2v) is 7.71. The molecule has 1 aromatic rings. The van der Waals surface area contributed by atoms with Gasteiger partial charge in [0.2, 0.25) is 0 Å². The Bertz CT molecular complexity index is 522. The number of halogens is 1. The van der Waals surface area contributed by atoms with Crippen LogP contribution in [0.4, 0.5) is 4.39 Å². The van der Waals surface area contributed by atoms with Crippen molar-refractivity contribution in [3.05, 3.63) is 30.1 Å². The lowest BCUT2D eigenvalue weighted by Gasteiger charge is -2.36. The van der Waals surface area contributed by atoms with Crippen LogP contribution >= 0.6 is 11.8 Å². The van der Waals surface area contributed by atoms with Gasteiger partial charge < -0.3 is 9.64 Å². The minimum Gasteiger partial charge on any atom is -0.461 e. The molecule has 0 N–H and O–H groups in total. The molecule has 4 atom stereocenters. The lowest BCUT2D eigenvalue weighted by molar-refractivity contribution is -0.151. The molecule has 0 spiro atoms. The fraction of sp³-hybridized carbons (Fsp3) is 0.588. The number of ether oxygens (including phenoxy) is 1. The van der Waals surface area contributed by atoms with E-state index in [9.17, 15) is 9.18 Å². The van der Waals surface area contributed by atoms with E-state index in [-0.39, 0.29) is 23.1 Å². The predicted octanol–water partition coefficient (Wildman–Crippen LogP) is 3.47. The average molecular weight is 323 g/mol. The van der Waals surface area contributed by atoms with Gasteiger partial charge in [-0.1, -0.05) is 0 Å². The fourth-order valence-electron chi connectivity index (χ4n) is 3.48. The van der Waals surface area contributed by atoms with Crippen LogP contribution < -0.4 is 0 Å². The standard InChI is InChI=1S/C17H22FNO2S/c1-11(22-16-7-3-12(18)4-8-16)17(20)21-15-9-13-5-6-14(10-15)19(13)2/h3-4,7-8,11,13-15H,5-6,9-10H2,1-2H3/t11?,13-,14+,15?. The van der Waals surface area contributed by atoms with E-state index in [4.69, 9.17) is 4.74 Å². The molecule has 5 heteroatoms. The Hall–Kier alpha value is -1.07. The van der Waals surface area contributed by atoms with Gasteiger partial charge in [0.05, 0.1) is 0 Å². The first-order chi connectivity index (χ1) is 10.5. The van der Waals surface area contributed by atoms with Crippen molar-refractivity contribution in [2.75, 3.05) is 7.05 Å². The molecule has 2 bridgehead atoms. The number of fused-ring (bicyclic) bond motifs is 2. The van der Waals surface area contributed by atoms with Crippen molar-refractivity contribution in [1.82, 2.24) is 4.90 Å². The predicted molar refractivity (Wildman–Crippen MR) is 85.4 cm³/mol. The molecule has 2 fully saturated rings. The summed E-state index contributed by atoms with van der Waals surface area (Å²) in [5.41, 5.74) is 0. The van der Waals surface area contributed by atoms with Crippen molar-refractivity contribution in [3.8, 4) is 0 Å². The van der Waals surface area contributed by atoms with Gasteiger partial charge in [-0.25, -0.2) is 4.39 Å². The molecule has 2 aliphatic rings. The second-order valence-electron chi connectivity index (χ2n) is 6.29. The van der Waals surface area contributed by atoms with E-state index < -0.39 is 0 Å². The van der Waals surface area contributed by atoms with Gasteiger partial charge in [-0.3, -0.25) is 4.79 Å². The third-order valence-electron chi connectivity index (χ3n) is 4.80. The number of piperidine rings is 1. The number of hydrogen-bond donors (Lipinski definition) is 0. The molecule has 0 aromatic heterocycles. The largest absolute Gasteiger partial charge is 0.461 e. The Morgan fingerprint density at radius 1 is 1.27 bits per heavy atom. The van der Waals surface area contributed by atoms with Crippen molar-refractivity contribution in [1.29, 1.82) is 0 Å². The Kier molecular flexibility index (Phi) is 4.73. The van der Waals surface area contributed by atoms with Crippen molar-refractivity contribution in [2.45, 2.75) is 60.9 Å². The quantitative estimate of drug-likeness (QED) is 0.627. The van der Waals surface area contributed by atoms with Gasteiger partial charge in [0.25, 0.3) is 0 Å². The van der Waals surface area contributed by atoms with Crippen molar-refractivity contribution < 1.29 is 13.9 Å². The zero-order chi connectivity index (χ0) is 15.7. The summed E-state index contributed by atoms with van der Waals surface area (Å²) in [5, 5.41) is -0.275. The Morgan fingerprint density at radius 3 is 2.45 bits per heavy atom. The molecule has 22 heavy (non-hydrogen) atoms. The van der Waals surface area contributed by atoms with Crippen molar-refractivity contribution in [3.63, 3.8) is 0 Å². The number of carbonyl (C=O) groups excluding carboxylic acids is 1. The Balaban J connectivity index is 1.52. The maximum absolute atomic E-state index is 12.9. The molecular weight excluding hydrogens is 301 g/mol. The highest BCUT2D eigenvalue weighted by Crippen LogP contribution is 2.36. The monoisotopic (exact) mass is 323 g/mol. The highest BCUT2D eigenvalue weighted by atomic mass is 32.2. The average Bonchev–Trinajstić information content (AvgIpc) is 2.72. The molecule has 1 aromatic carbocycles. The van der Waals surface area contributed by atoms with Crippen molar-refractivity contribution in [2.24, 2.45) is 0 Å². The van der Waals surface area contributed by atoms with Crippen LogP contribution in [-0.2, 0) is 9.53 Å². The van der Waals surface area contributed by atoms with Gasteiger partial charge in [0.1, 0.15) is 17.2 Å². The molecule has 120 valence electrons. The second kappa shape index (κ2) is 6.59. The lowest BCUT2D eigenvalue weighted by atomic mass is 10.0. The zero-order valence-electron chi connectivity index (χ0n) is 13.0. The van der Waals surface area contributed by atoms with Gasteiger partial charge in [0.15, 0.2) is 0 Å². The first-order valence-electron chi connectivity index (χ1n) is 7.87. The van der Waals surface area contributed by atoms with Crippen LogP contribution in [0, 0.1) is 5.82 Å². The highest BCUT2D eigenvalue weighted by molar-refractivity contribution is 8.00. The van der Waals surface area contributed by atoms with E-state index >= 15 is 0 Å². The normalized spacial score (nSPS) is 29.3. The number of carbonyl (C=O) groups is 1. The van der Waals surface area contributed by atoms with Crippen molar-refractivity contribution >= 4 is 17.7 Å². The molecule has 0 saturated carbocycles. The Morgan fingerprint density at radius 2 is 1.86 bits per heavy atom. The number of thioether (sulfide) groups is 1. The van der Waals surface area contributed by atoms with Crippen LogP contribution in [0.1, 0.15) is 32.6 Å². The van der Waals surface area contributed by atoms with Gasteiger partial charge in [-0.05, 0) is 63.9 Å². The van der Waals surface area contributed by atoms with Gasteiger partial charge in [-0.15, -0.1) is 11.8 Å². The molecular formula is C17H22FNO2S. The van der Waals surface area contributed by atoms with Crippen LogP contribution in [0.5, 0.6) is 0 Å². The molecule has 3 rings (SSSR count). The summed E-state index contributed by atoms with van der Waals surface area (Å²) in [6, 6.07) is 7.34. The summed E-state index contributed by atoms with van der Waals surface area (Å²) in [5.74, 6) is -0.426. The molecule has 2 saturated heterocycles. The summed E-state index contributed by atoms with van der Waals surface area (Å²) in [4.78, 5) is 15.6. The fourth-order valence-corrected chi connectivity index (χ4v) is 4.34. The van der Waals surface area contributed by atoms with Gasteiger partial charge in [0, 0.05) is 17.0 Å². The molecule has 0 radical (unpaired) electrons. The summed E-state index contributed by atoms with van der Waals surface area (Å²) in [6.45, 7) is 1.85. The zero-order valence-corrected chi connectivity index (χ0v) is 13.8. The number of rotatable bonds is 4. The molecule has 2 aliphatic heterocycles. The van der Waals surface area contributed by atoms with E-state index in [0.29, 0.717) is 12.1 Å². The summed E-state index contributed by atoms with van der Waals surface area (Å²) >= 11 is 1.42. The van der Waals surface area contributed by atoms with E-state index in [2.05, 4.69) is 11.9 Å². The minimum atomic E-state index is -0.275. The van der Waals surface area contributed by atoms with E-state index in [1.165, 1.54) is 36.7 Å². The molecule has 0 amide bonds. The Labute approximate surface area is 135 Å². The molecule has 3 nitrogen and oxygen atoms in total. The van der Waals surface area contributed by atoms with E-state index in [0.717, 1.165) is 17.7 Å². The van der Waals surface area contributed by atoms with Crippen LogP contribution in [0.3, 0.4) is 0 Å². The maximum atomic E-state index is 12.9. The lowest BCUT2D eigenvalue weighted by Crippen LogP contribution is -2.44. The third kappa shape index (κ3) is 3.46. The van der Waals surface area contributed by atoms with Gasteiger partial charge in [-0.2, -0.15) is 0 Å². The van der Waals surface area contributed by atoms with Crippen LogP contribution in [0.2, 0.25) is 0 Å². The first-order valence-corrected chi connectivity index (χ1v) is 8.75. The summed E-state index contributed by atoms with van der Waals surface area (Å²) in [6.07, 6.45) is 4.39. The number of hydrogen-bond acceptors (Lipinski definition) is 4. The summed E-state index contributed by atoms with van der Waals surface area (Å²) < 4.78 is 18.6. The topological polar surface area (TPSA) is 29.5 Å². The minimum absolute atomic E-state index is 0.0532. The summed E-state index contributed by atoms with van der Waals surface area (Å²) in [7, 11) is 2.17. The number of esters is 1. The molecule has 2 heterocycles.